The molecule has 0 aliphatic rings. The van der Waals surface area contributed by atoms with E-state index in [1.807, 2.05) is 18.5 Å². The molecule has 2 nitrogen and oxygen atoms in total. The molecule has 82 valence electrons. The van der Waals surface area contributed by atoms with Gasteiger partial charge in [0.2, 0.25) is 0 Å². The molecule has 2 heteroatoms. The Kier molecular flexibility index (Phi) is 3.30. The number of aromatic nitrogens is 2. The largest absolute Gasteiger partial charge is 0.261 e. The van der Waals surface area contributed by atoms with Gasteiger partial charge in [-0.15, -0.1) is 0 Å². The quantitative estimate of drug-likeness (QED) is 0.780. The van der Waals surface area contributed by atoms with E-state index in [0.29, 0.717) is 5.92 Å². The number of benzene rings is 1. The van der Waals surface area contributed by atoms with Crippen molar-refractivity contribution < 1.29 is 0 Å². The van der Waals surface area contributed by atoms with Gasteiger partial charge in [0.15, 0.2) is 0 Å². The molecule has 0 fully saturated rings. The van der Waals surface area contributed by atoms with Gasteiger partial charge in [0.05, 0.1) is 11.4 Å². The second-order valence-corrected chi connectivity index (χ2v) is 4.25. The summed E-state index contributed by atoms with van der Waals surface area (Å²) in [7, 11) is 0. The first kappa shape index (κ1) is 10.8. The number of hydrogen-bond acceptors (Lipinski definition) is 2. The molecular weight excluding hydrogens is 196 g/mol. The van der Waals surface area contributed by atoms with Crippen LogP contribution in [0.2, 0.25) is 0 Å². The lowest BCUT2D eigenvalue weighted by Crippen LogP contribution is -1.99. The molecule has 0 aliphatic carbocycles. The summed E-state index contributed by atoms with van der Waals surface area (Å²) in [6.07, 6.45) is 4.55. The molecule has 0 amide bonds. The minimum Gasteiger partial charge on any atom is -0.261 e. The summed E-state index contributed by atoms with van der Waals surface area (Å²) < 4.78 is 0. The predicted molar refractivity (Wildman–Crippen MR) is 65.4 cm³/mol. The minimum atomic E-state index is 0.434. The van der Waals surface area contributed by atoms with E-state index in [1.54, 1.807) is 0 Å². The van der Waals surface area contributed by atoms with Gasteiger partial charge >= 0.3 is 0 Å². The van der Waals surface area contributed by atoms with Gasteiger partial charge in [0, 0.05) is 18.8 Å². The zero-order valence-corrected chi connectivity index (χ0v) is 9.72. The Hall–Kier alpha value is -1.70. The van der Waals surface area contributed by atoms with Crippen LogP contribution in [0.25, 0.3) is 0 Å². The van der Waals surface area contributed by atoms with Gasteiger partial charge < -0.3 is 0 Å². The lowest BCUT2D eigenvalue weighted by molar-refractivity contribution is 0.796. The Morgan fingerprint density at radius 1 is 1.06 bits per heavy atom. The fraction of sp³-hybridized carbons (Fsp3) is 0.286. The van der Waals surface area contributed by atoms with Crippen molar-refractivity contribution in [1.29, 1.82) is 0 Å². The molecule has 0 saturated carbocycles. The first-order valence-electron chi connectivity index (χ1n) is 5.60. The van der Waals surface area contributed by atoms with Crippen molar-refractivity contribution in [1.82, 2.24) is 9.97 Å². The molecular formula is C14H16N2. The lowest BCUT2D eigenvalue weighted by atomic mass is 10.1. The molecule has 16 heavy (non-hydrogen) atoms. The third-order valence-electron chi connectivity index (χ3n) is 2.52. The molecule has 0 aliphatic heterocycles. The van der Waals surface area contributed by atoms with Crippen molar-refractivity contribution in [3.05, 3.63) is 59.7 Å². The summed E-state index contributed by atoms with van der Waals surface area (Å²) in [4.78, 5) is 8.84. The van der Waals surface area contributed by atoms with Crippen molar-refractivity contribution >= 4 is 0 Å². The van der Waals surface area contributed by atoms with Crippen LogP contribution in [-0.4, -0.2) is 9.97 Å². The standard InChI is InChI=1S/C14H16N2/c1-11(2)14-10-15-9-13(16-14)8-12-6-4-3-5-7-12/h3-7,9-11H,8H2,1-2H3. The van der Waals surface area contributed by atoms with Crippen LogP contribution in [0.15, 0.2) is 42.7 Å². The average Bonchev–Trinajstić information content (AvgIpc) is 2.30. The Balaban J connectivity index is 2.19. The van der Waals surface area contributed by atoms with E-state index in [2.05, 4.69) is 48.1 Å². The average molecular weight is 212 g/mol. The molecule has 0 atom stereocenters. The maximum atomic E-state index is 4.61. The zero-order chi connectivity index (χ0) is 11.4. The van der Waals surface area contributed by atoms with E-state index in [0.717, 1.165) is 17.8 Å². The van der Waals surface area contributed by atoms with Crippen LogP contribution in [0.3, 0.4) is 0 Å². The van der Waals surface area contributed by atoms with Gasteiger partial charge in [0.25, 0.3) is 0 Å². The number of nitrogens with zero attached hydrogens (tertiary/aromatic N) is 2. The monoisotopic (exact) mass is 212 g/mol. The van der Waals surface area contributed by atoms with Crippen LogP contribution in [0.5, 0.6) is 0 Å². The normalized spacial score (nSPS) is 10.7. The van der Waals surface area contributed by atoms with Crippen LogP contribution in [0, 0.1) is 0 Å². The highest BCUT2D eigenvalue weighted by molar-refractivity contribution is 5.21. The van der Waals surface area contributed by atoms with E-state index in [-0.39, 0.29) is 0 Å². The van der Waals surface area contributed by atoms with Crippen LogP contribution in [0.4, 0.5) is 0 Å². The highest BCUT2D eigenvalue weighted by Crippen LogP contribution is 2.12. The maximum Gasteiger partial charge on any atom is 0.0633 e. The van der Waals surface area contributed by atoms with Gasteiger partial charge in [-0.05, 0) is 11.5 Å². The number of hydrogen-bond donors (Lipinski definition) is 0. The predicted octanol–water partition coefficient (Wildman–Crippen LogP) is 3.19. The van der Waals surface area contributed by atoms with Crippen LogP contribution < -0.4 is 0 Å². The fourth-order valence-electron chi connectivity index (χ4n) is 1.59. The molecule has 0 bridgehead atoms. The van der Waals surface area contributed by atoms with E-state index >= 15 is 0 Å². The maximum absolute atomic E-state index is 4.61. The second-order valence-electron chi connectivity index (χ2n) is 4.25. The Bertz CT molecular complexity index is 449. The third-order valence-corrected chi connectivity index (χ3v) is 2.52. The summed E-state index contributed by atoms with van der Waals surface area (Å²) in [5.41, 5.74) is 3.38. The summed E-state index contributed by atoms with van der Waals surface area (Å²) in [6, 6.07) is 10.4. The molecule has 1 aromatic carbocycles. The molecule has 2 rings (SSSR count). The molecule has 0 saturated heterocycles. The van der Waals surface area contributed by atoms with Crippen LogP contribution >= 0.6 is 0 Å². The van der Waals surface area contributed by atoms with Crippen molar-refractivity contribution in [3.8, 4) is 0 Å². The molecule has 0 spiro atoms. The van der Waals surface area contributed by atoms with Crippen LogP contribution in [-0.2, 0) is 6.42 Å². The van der Waals surface area contributed by atoms with Crippen LogP contribution in [0.1, 0.15) is 36.7 Å². The molecule has 0 radical (unpaired) electrons. The van der Waals surface area contributed by atoms with Crippen molar-refractivity contribution in [2.75, 3.05) is 0 Å². The van der Waals surface area contributed by atoms with Crippen molar-refractivity contribution in [2.45, 2.75) is 26.2 Å². The van der Waals surface area contributed by atoms with Gasteiger partial charge in [-0.3, -0.25) is 9.97 Å². The van der Waals surface area contributed by atoms with Gasteiger partial charge in [-0.1, -0.05) is 44.2 Å². The summed E-state index contributed by atoms with van der Waals surface area (Å²) in [5.74, 6) is 0.434. The van der Waals surface area contributed by atoms with Crippen molar-refractivity contribution in [3.63, 3.8) is 0 Å². The Morgan fingerprint density at radius 2 is 1.81 bits per heavy atom. The molecule has 1 aromatic heterocycles. The van der Waals surface area contributed by atoms with Gasteiger partial charge in [-0.2, -0.15) is 0 Å². The van der Waals surface area contributed by atoms with E-state index < -0.39 is 0 Å². The van der Waals surface area contributed by atoms with Gasteiger partial charge in [-0.25, -0.2) is 0 Å². The topological polar surface area (TPSA) is 25.8 Å². The van der Waals surface area contributed by atoms with Crippen molar-refractivity contribution in [2.24, 2.45) is 0 Å². The fourth-order valence-corrected chi connectivity index (χ4v) is 1.59. The SMILES string of the molecule is CC(C)c1cncc(Cc2ccccc2)n1. The molecule has 1 heterocycles. The zero-order valence-electron chi connectivity index (χ0n) is 9.72. The number of rotatable bonds is 3. The summed E-state index contributed by atoms with van der Waals surface area (Å²) >= 11 is 0. The highest BCUT2D eigenvalue weighted by Gasteiger charge is 2.03. The highest BCUT2D eigenvalue weighted by atomic mass is 14.8. The first-order valence-corrected chi connectivity index (χ1v) is 5.60. The third kappa shape index (κ3) is 2.66. The molecule has 0 unspecified atom stereocenters. The smallest absolute Gasteiger partial charge is 0.0633 e. The summed E-state index contributed by atoms with van der Waals surface area (Å²) in [6.45, 7) is 4.27. The molecule has 2 aromatic rings. The first-order chi connectivity index (χ1) is 7.75. The Morgan fingerprint density at radius 3 is 2.50 bits per heavy atom. The lowest BCUT2D eigenvalue weighted by Gasteiger charge is -2.06. The van der Waals surface area contributed by atoms with Gasteiger partial charge in [0.1, 0.15) is 0 Å². The molecule has 0 N–H and O–H groups in total. The Labute approximate surface area is 96.4 Å². The summed E-state index contributed by atoms with van der Waals surface area (Å²) in [5, 5.41) is 0. The van der Waals surface area contributed by atoms with E-state index in [4.69, 9.17) is 0 Å². The van der Waals surface area contributed by atoms with E-state index in [1.165, 1.54) is 5.56 Å². The van der Waals surface area contributed by atoms with E-state index in [9.17, 15) is 0 Å². The minimum absolute atomic E-state index is 0.434. The second kappa shape index (κ2) is 4.88.